The largest absolute Gasteiger partial charge is 0.239 e. The van der Waals surface area contributed by atoms with E-state index in [0.29, 0.717) is 0 Å². The molecule has 182 valence electrons. The summed E-state index contributed by atoms with van der Waals surface area (Å²) in [6.07, 6.45) is 1.95. The molecular weight excluding hydrogens is 462 g/mol. The maximum atomic E-state index is 14.0. The van der Waals surface area contributed by atoms with Crippen molar-refractivity contribution >= 4 is 0 Å². The molecule has 0 amide bonds. The van der Waals surface area contributed by atoms with Crippen LogP contribution in [0.4, 0.5) is 8.78 Å². The molecule has 0 spiro atoms. The van der Waals surface area contributed by atoms with Crippen molar-refractivity contribution in [1.82, 2.24) is 4.98 Å². The lowest BCUT2D eigenvalue weighted by atomic mass is 9.81. The van der Waals surface area contributed by atoms with Gasteiger partial charge < -0.3 is 0 Å². The first-order valence-electron chi connectivity index (χ1n) is 12.4. The van der Waals surface area contributed by atoms with E-state index in [2.05, 4.69) is 56.3 Å². The van der Waals surface area contributed by atoms with Gasteiger partial charge in [0.1, 0.15) is 30.1 Å². The van der Waals surface area contributed by atoms with Crippen molar-refractivity contribution in [3.05, 3.63) is 119 Å². The Morgan fingerprint density at radius 2 is 1.35 bits per heavy atom. The molecule has 0 saturated heterocycles. The molecule has 0 unspecified atom stereocenters. The molecule has 0 bridgehead atoms. The number of nitrogens with zero attached hydrogens (tertiary/aromatic N) is 2. The van der Waals surface area contributed by atoms with Crippen LogP contribution in [0.15, 0.2) is 91.1 Å². The fourth-order valence-corrected chi connectivity index (χ4v) is 5.64. The van der Waals surface area contributed by atoms with Gasteiger partial charge in [0, 0.05) is 16.5 Å². The predicted molar refractivity (Wildman–Crippen MR) is 144 cm³/mol. The second-order valence-corrected chi connectivity index (χ2v) is 10.3. The van der Waals surface area contributed by atoms with Gasteiger partial charge in [-0.15, -0.1) is 0 Å². The van der Waals surface area contributed by atoms with Gasteiger partial charge in [0.25, 0.3) is 0 Å². The number of aromatic nitrogens is 2. The molecule has 0 saturated carbocycles. The van der Waals surface area contributed by atoms with Crippen LogP contribution in [0.5, 0.6) is 0 Å². The van der Waals surface area contributed by atoms with Crippen LogP contribution < -0.4 is 4.57 Å². The van der Waals surface area contributed by atoms with E-state index in [0.717, 1.165) is 39.3 Å². The van der Waals surface area contributed by atoms with Crippen molar-refractivity contribution in [3.8, 4) is 44.9 Å². The van der Waals surface area contributed by atoms with Crippen molar-refractivity contribution in [2.45, 2.75) is 26.2 Å². The number of fused-ring (bicyclic) bond motifs is 3. The zero-order chi connectivity index (χ0) is 25.9. The molecule has 0 aliphatic heterocycles. The smallest absolute Gasteiger partial charge is 0.234 e. The Kier molecular flexibility index (Phi) is 5.30. The lowest BCUT2D eigenvalue weighted by Gasteiger charge is -2.22. The normalized spacial score (nSPS) is 13.4. The molecule has 1 aliphatic carbocycles. The highest BCUT2D eigenvalue weighted by molar-refractivity contribution is 5.86. The molecule has 37 heavy (non-hydrogen) atoms. The Balaban J connectivity index is 1.61. The van der Waals surface area contributed by atoms with E-state index >= 15 is 0 Å². The third-order valence-corrected chi connectivity index (χ3v) is 7.57. The molecule has 2 nitrogen and oxygen atoms in total. The number of benzene rings is 4. The Labute approximate surface area is 215 Å². The third kappa shape index (κ3) is 3.75. The number of halogens is 2. The molecule has 0 N–H and O–H groups in total. The van der Waals surface area contributed by atoms with Gasteiger partial charge in [-0.05, 0) is 83.3 Å². The molecule has 4 aromatic carbocycles. The van der Waals surface area contributed by atoms with Gasteiger partial charge in [-0.3, -0.25) is 0 Å². The van der Waals surface area contributed by atoms with E-state index in [-0.39, 0.29) is 17.0 Å². The highest BCUT2D eigenvalue weighted by Gasteiger charge is 2.36. The number of hydrogen-bond donors (Lipinski definition) is 0. The fraction of sp³-hybridized carbons (Fsp3) is 0.152. The summed E-state index contributed by atoms with van der Waals surface area (Å²) in [4.78, 5) is 5.13. The highest BCUT2D eigenvalue weighted by atomic mass is 19.1. The van der Waals surface area contributed by atoms with E-state index in [1.165, 1.54) is 40.5 Å². The van der Waals surface area contributed by atoms with Crippen LogP contribution in [-0.2, 0) is 12.5 Å². The second kappa shape index (κ2) is 8.45. The highest BCUT2D eigenvalue weighted by Crippen LogP contribution is 2.49. The van der Waals surface area contributed by atoms with E-state index in [9.17, 15) is 8.78 Å². The Bertz CT molecular complexity index is 1680. The molecule has 5 aromatic rings. The Morgan fingerprint density at radius 3 is 2.11 bits per heavy atom. The summed E-state index contributed by atoms with van der Waals surface area (Å²) in [5, 5.41) is 0. The SMILES string of the molecule is Cc1cc(F)ccc1-c1c(-c2ccc3c(c2)C(C)(C)c2ccccc2-3)nc(-c2ccc(F)cc2)c[n+]1C. The number of aryl methyl sites for hydroxylation is 2. The monoisotopic (exact) mass is 489 g/mol. The van der Waals surface area contributed by atoms with Crippen LogP contribution >= 0.6 is 0 Å². The molecule has 0 atom stereocenters. The first kappa shape index (κ1) is 23.2. The first-order valence-corrected chi connectivity index (χ1v) is 12.4. The summed E-state index contributed by atoms with van der Waals surface area (Å²) in [5.41, 5.74) is 10.9. The van der Waals surface area contributed by atoms with Crippen molar-refractivity contribution in [2.24, 2.45) is 7.05 Å². The summed E-state index contributed by atoms with van der Waals surface area (Å²) < 4.78 is 29.7. The van der Waals surface area contributed by atoms with Gasteiger partial charge in [0.05, 0.1) is 5.56 Å². The number of rotatable bonds is 3. The minimum Gasteiger partial charge on any atom is -0.234 e. The van der Waals surface area contributed by atoms with Gasteiger partial charge in [-0.25, -0.2) is 13.8 Å². The minimum absolute atomic E-state index is 0.148. The zero-order valence-corrected chi connectivity index (χ0v) is 21.3. The van der Waals surface area contributed by atoms with Gasteiger partial charge in [-0.2, -0.15) is 4.57 Å². The van der Waals surface area contributed by atoms with Gasteiger partial charge >= 0.3 is 0 Å². The standard InChI is InChI=1S/C33H27F2N2/c1-20-17-24(35)14-16-25(20)32-31(36-30(19-37(32)4)21-9-12-23(34)13-10-21)22-11-15-27-26-7-5-6-8-28(26)33(2,3)29(27)18-22/h5-19H,1-4H3/q+1. The van der Waals surface area contributed by atoms with E-state index in [1.807, 2.05) is 30.8 Å². The average molecular weight is 490 g/mol. The van der Waals surface area contributed by atoms with Gasteiger partial charge in [0.2, 0.25) is 5.69 Å². The van der Waals surface area contributed by atoms with Gasteiger partial charge in [0.15, 0.2) is 6.20 Å². The Morgan fingerprint density at radius 1 is 0.703 bits per heavy atom. The van der Waals surface area contributed by atoms with Crippen molar-refractivity contribution < 1.29 is 13.3 Å². The molecule has 4 heteroatoms. The molecule has 1 heterocycles. The van der Waals surface area contributed by atoms with Crippen molar-refractivity contribution in [2.75, 3.05) is 0 Å². The summed E-state index contributed by atoms with van der Waals surface area (Å²) in [6.45, 7) is 6.43. The van der Waals surface area contributed by atoms with Gasteiger partial charge in [-0.1, -0.05) is 50.2 Å². The molecule has 1 aromatic heterocycles. The van der Waals surface area contributed by atoms with Crippen LogP contribution in [0.2, 0.25) is 0 Å². The van der Waals surface area contributed by atoms with Crippen LogP contribution in [0, 0.1) is 18.6 Å². The van der Waals surface area contributed by atoms with E-state index < -0.39 is 0 Å². The zero-order valence-electron chi connectivity index (χ0n) is 21.3. The summed E-state index contributed by atoms with van der Waals surface area (Å²) in [7, 11) is 1.98. The third-order valence-electron chi connectivity index (χ3n) is 7.57. The molecule has 0 fully saturated rings. The maximum Gasteiger partial charge on any atom is 0.239 e. The molecule has 6 rings (SSSR count). The van der Waals surface area contributed by atoms with E-state index in [4.69, 9.17) is 4.98 Å². The van der Waals surface area contributed by atoms with Crippen molar-refractivity contribution in [1.29, 1.82) is 0 Å². The average Bonchev–Trinajstić information content (AvgIpc) is 3.11. The maximum absolute atomic E-state index is 14.0. The summed E-state index contributed by atoms with van der Waals surface area (Å²) >= 11 is 0. The second-order valence-electron chi connectivity index (χ2n) is 10.3. The minimum atomic E-state index is -0.285. The van der Waals surface area contributed by atoms with Crippen LogP contribution in [0.25, 0.3) is 44.9 Å². The lowest BCUT2D eigenvalue weighted by Crippen LogP contribution is -2.32. The summed E-state index contributed by atoms with van der Waals surface area (Å²) in [6, 6.07) is 26.4. The van der Waals surface area contributed by atoms with Crippen molar-refractivity contribution in [3.63, 3.8) is 0 Å². The topological polar surface area (TPSA) is 16.8 Å². The quantitative estimate of drug-likeness (QED) is 0.236. The molecule has 0 radical (unpaired) electrons. The fourth-order valence-electron chi connectivity index (χ4n) is 5.64. The van der Waals surface area contributed by atoms with Crippen LogP contribution in [0.3, 0.4) is 0 Å². The summed E-state index contributed by atoms with van der Waals surface area (Å²) in [5.74, 6) is -0.550. The Hall–Kier alpha value is -4.18. The lowest BCUT2D eigenvalue weighted by molar-refractivity contribution is -0.659. The first-order chi connectivity index (χ1) is 17.7. The predicted octanol–water partition coefficient (Wildman–Crippen LogP) is 7.80. The molecular formula is C33H27F2N2+. The van der Waals surface area contributed by atoms with E-state index in [1.54, 1.807) is 18.2 Å². The molecule has 1 aliphatic rings. The van der Waals surface area contributed by atoms with Crippen LogP contribution in [0.1, 0.15) is 30.5 Å². The number of hydrogen-bond acceptors (Lipinski definition) is 1. The van der Waals surface area contributed by atoms with Crippen LogP contribution in [-0.4, -0.2) is 4.98 Å².